The molecule has 2 fully saturated rings. The third-order valence-electron chi connectivity index (χ3n) is 6.50. The number of rotatable bonds is 6. The lowest BCUT2D eigenvalue weighted by Crippen LogP contribution is -2.50. The molecule has 2 atom stereocenters. The summed E-state index contributed by atoms with van der Waals surface area (Å²) in [6.07, 6.45) is 2.60. The second kappa shape index (κ2) is 9.56. The molecule has 1 amide bonds. The summed E-state index contributed by atoms with van der Waals surface area (Å²) in [6, 6.07) is 17.9. The van der Waals surface area contributed by atoms with Gasteiger partial charge in [-0.2, -0.15) is 0 Å². The number of benzene rings is 2. The van der Waals surface area contributed by atoms with E-state index in [1.807, 2.05) is 43.9 Å². The summed E-state index contributed by atoms with van der Waals surface area (Å²) in [5.74, 6) is -0.525. The summed E-state index contributed by atoms with van der Waals surface area (Å²) in [4.78, 5) is 28.7. The number of nitrogens with zero attached hydrogens (tertiary/aromatic N) is 2. The highest BCUT2D eigenvalue weighted by Gasteiger charge is 2.48. The van der Waals surface area contributed by atoms with Crippen LogP contribution >= 0.6 is 0 Å². The molecule has 0 aromatic heterocycles. The molecule has 1 heterocycles. The van der Waals surface area contributed by atoms with E-state index < -0.39 is 11.6 Å². The van der Waals surface area contributed by atoms with Crippen LogP contribution in [0.4, 0.5) is 4.79 Å². The number of hydrogen-bond donors (Lipinski definition) is 1. The average molecular weight is 451 g/mol. The van der Waals surface area contributed by atoms with Crippen LogP contribution in [0.5, 0.6) is 0 Å². The lowest BCUT2D eigenvalue weighted by Gasteiger charge is -2.39. The second-order valence-electron chi connectivity index (χ2n) is 10.2. The summed E-state index contributed by atoms with van der Waals surface area (Å²) >= 11 is 0. The molecule has 0 bridgehead atoms. The molecule has 6 heteroatoms. The highest BCUT2D eigenvalue weighted by atomic mass is 16.6. The van der Waals surface area contributed by atoms with Gasteiger partial charge in [-0.1, -0.05) is 42.5 Å². The normalized spacial score (nSPS) is 21.4. The molecule has 4 rings (SSSR count). The fourth-order valence-electron chi connectivity index (χ4n) is 4.78. The molecule has 0 spiro atoms. The van der Waals surface area contributed by atoms with Crippen LogP contribution in [-0.2, 0) is 11.3 Å². The molecule has 2 aliphatic rings. The van der Waals surface area contributed by atoms with E-state index in [1.54, 1.807) is 12.1 Å². The molecule has 1 saturated carbocycles. The predicted octanol–water partition coefficient (Wildman–Crippen LogP) is 5.14. The quantitative estimate of drug-likeness (QED) is 0.660. The van der Waals surface area contributed by atoms with Crippen molar-refractivity contribution in [2.75, 3.05) is 13.1 Å². The molecule has 2 aromatic rings. The summed E-state index contributed by atoms with van der Waals surface area (Å²) in [5, 5.41) is 9.08. The minimum Gasteiger partial charge on any atom is -0.478 e. The summed E-state index contributed by atoms with van der Waals surface area (Å²) in [7, 11) is 0. The van der Waals surface area contributed by atoms with Gasteiger partial charge in [-0.3, -0.25) is 4.90 Å². The average Bonchev–Trinajstić information content (AvgIpc) is 3.55. The zero-order valence-electron chi connectivity index (χ0n) is 19.7. The van der Waals surface area contributed by atoms with Gasteiger partial charge in [0.25, 0.3) is 0 Å². The molecular weight excluding hydrogens is 416 g/mol. The van der Waals surface area contributed by atoms with Crippen molar-refractivity contribution in [3.63, 3.8) is 0 Å². The lowest BCUT2D eigenvalue weighted by molar-refractivity contribution is 0.00486. The number of carbonyl (C=O) groups is 2. The first-order chi connectivity index (χ1) is 15.7. The van der Waals surface area contributed by atoms with E-state index in [4.69, 9.17) is 9.84 Å². The Balaban J connectivity index is 1.40. The van der Waals surface area contributed by atoms with Gasteiger partial charge < -0.3 is 14.7 Å². The third kappa shape index (κ3) is 5.93. The van der Waals surface area contributed by atoms with Crippen LogP contribution in [0, 0.1) is 0 Å². The van der Waals surface area contributed by atoms with Gasteiger partial charge in [-0.05, 0) is 63.3 Å². The molecule has 176 valence electrons. The van der Waals surface area contributed by atoms with Crippen LogP contribution < -0.4 is 0 Å². The van der Waals surface area contributed by atoms with Crippen LogP contribution in [-0.4, -0.2) is 57.7 Å². The van der Waals surface area contributed by atoms with Gasteiger partial charge in [0.2, 0.25) is 0 Å². The molecule has 1 saturated heterocycles. The number of carbonyl (C=O) groups excluding carboxylic acids is 1. The van der Waals surface area contributed by atoms with E-state index in [1.165, 1.54) is 5.56 Å². The van der Waals surface area contributed by atoms with Crippen LogP contribution in [0.15, 0.2) is 54.6 Å². The number of aromatic carboxylic acids is 1. The number of piperidine rings is 1. The van der Waals surface area contributed by atoms with Gasteiger partial charge in [-0.15, -0.1) is 0 Å². The maximum absolute atomic E-state index is 13.2. The van der Waals surface area contributed by atoms with Crippen LogP contribution in [0.25, 0.3) is 0 Å². The molecule has 2 aromatic carbocycles. The molecule has 1 N–H and O–H groups in total. The van der Waals surface area contributed by atoms with E-state index in [2.05, 4.69) is 29.2 Å². The van der Waals surface area contributed by atoms with Gasteiger partial charge in [0.15, 0.2) is 0 Å². The predicted molar refractivity (Wildman–Crippen MR) is 127 cm³/mol. The number of ether oxygens (including phenoxy) is 1. The van der Waals surface area contributed by atoms with Crippen LogP contribution in [0.2, 0.25) is 0 Å². The minimum absolute atomic E-state index is 0.171. The first kappa shape index (κ1) is 23.3. The van der Waals surface area contributed by atoms with E-state index in [-0.39, 0.29) is 18.2 Å². The number of likely N-dealkylation sites (tertiary alicyclic amines) is 1. The highest BCUT2D eigenvalue weighted by Crippen LogP contribution is 2.46. The summed E-state index contributed by atoms with van der Waals surface area (Å²) < 4.78 is 5.82. The number of carboxylic acids is 1. The number of hydrogen-bond acceptors (Lipinski definition) is 4. The van der Waals surface area contributed by atoms with Gasteiger partial charge in [0.05, 0.1) is 5.56 Å². The topological polar surface area (TPSA) is 70.1 Å². The summed E-state index contributed by atoms with van der Waals surface area (Å²) in [5.41, 5.74) is 2.19. The highest BCUT2D eigenvalue weighted by molar-refractivity contribution is 5.87. The van der Waals surface area contributed by atoms with E-state index in [0.717, 1.165) is 44.5 Å². The van der Waals surface area contributed by atoms with Crippen molar-refractivity contribution < 1.29 is 19.4 Å². The molecule has 1 aliphatic heterocycles. The van der Waals surface area contributed by atoms with Crippen molar-refractivity contribution in [2.24, 2.45) is 0 Å². The Morgan fingerprint density at radius 1 is 1.03 bits per heavy atom. The fraction of sp³-hybridized carbons (Fsp3) is 0.481. The van der Waals surface area contributed by atoms with Gasteiger partial charge >= 0.3 is 12.1 Å². The summed E-state index contributed by atoms with van der Waals surface area (Å²) in [6.45, 7) is 8.34. The first-order valence-corrected chi connectivity index (χ1v) is 11.8. The fourth-order valence-corrected chi connectivity index (χ4v) is 4.78. The zero-order chi connectivity index (χ0) is 23.6. The van der Waals surface area contributed by atoms with E-state index in [0.29, 0.717) is 11.5 Å². The Kier molecular flexibility index (Phi) is 6.75. The van der Waals surface area contributed by atoms with Crippen LogP contribution in [0.1, 0.15) is 67.4 Å². The van der Waals surface area contributed by atoms with Crippen molar-refractivity contribution in [1.82, 2.24) is 9.80 Å². The Hall–Kier alpha value is -2.86. The van der Waals surface area contributed by atoms with Crippen molar-refractivity contribution in [1.29, 1.82) is 0 Å². The van der Waals surface area contributed by atoms with Crippen molar-refractivity contribution >= 4 is 12.1 Å². The maximum atomic E-state index is 13.2. The van der Waals surface area contributed by atoms with Crippen molar-refractivity contribution in [3.05, 3.63) is 71.3 Å². The standard InChI is InChI=1S/C27H34N2O4/c1-27(2,3)33-26(32)29(24-17-23(24)20-7-5-4-6-8-20)22-13-15-28(16-14-22)18-19-9-11-21(12-10-19)25(30)31/h4-12,22-24H,13-18H2,1-3H3,(H,30,31). The monoisotopic (exact) mass is 450 g/mol. The molecule has 33 heavy (non-hydrogen) atoms. The number of carboxylic acid groups (broad SMARTS) is 1. The Morgan fingerprint density at radius 2 is 1.67 bits per heavy atom. The van der Waals surface area contributed by atoms with Crippen molar-refractivity contribution in [2.45, 2.75) is 70.2 Å². The number of amides is 1. The van der Waals surface area contributed by atoms with Gasteiger partial charge in [0.1, 0.15) is 5.60 Å². The smallest absolute Gasteiger partial charge is 0.410 e. The SMILES string of the molecule is CC(C)(C)OC(=O)N(C1CCN(Cc2ccc(C(=O)O)cc2)CC1)C1CC1c1ccccc1. The lowest BCUT2D eigenvalue weighted by atomic mass is 10.0. The van der Waals surface area contributed by atoms with Gasteiger partial charge in [0, 0.05) is 37.6 Å². The zero-order valence-corrected chi connectivity index (χ0v) is 19.7. The molecule has 2 unspecified atom stereocenters. The van der Waals surface area contributed by atoms with Gasteiger partial charge in [-0.25, -0.2) is 9.59 Å². The molecule has 6 nitrogen and oxygen atoms in total. The minimum atomic E-state index is -0.904. The second-order valence-corrected chi connectivity index (χ2v) is 10.2. The molecular formula is C27H34N2O4. The largest absolute Gasteiger partial charge is 0.478 e. The first-order valence-electron chi connectivity index (χ1n) is 11.8. The van der Waals surface area contributed by atoms with Crippen molar-refractivity contribution in [3.8, 4) is 0 Å². The Morgan fingerprint density at radius 3 is 2.24 bits per heavy atom. The maximum Gasteiger partial charge on any atom is 0.410 e. The Labute approximate surface area is 196 Å². The van der Waals surface area contributed by atoms with E-state index in [9.17, 15) is 9.59 Å². The van der Waals surface area contributed by atoms with E-state index >= 15 is 0 Å². The molecule has 0 radical (unpaired) electrons. The van der Waals surface area contributed by atoms with Crippen LogP contribution in [0.3, 0.4) is 0 Å². The molecule has 1 aliphatic carbocycles. The third-order valence-corrected chi connectivity index (χ3v) is 6.50. The Bertz CT molecular complexity index is 960.